The van der Waals surface area contributed by atoms with Gasteiger partial charge in [-0.15, -0.1) is 11.3 Å². The van der Waals surface area contributed by atoms with Crippen LogP contribution < -0.4 is 19.5 Å². The normalized spacial score (nSPS) is 12.2. The Bertz CT molecular complexity index is 1100. The average molecular weight is 442 g/mol. The number of ether oxygens (including phenoxy) is 3. The lowest BCUT2D eigenvalue weighted by atomic mass is 10.0. The van der Waals surface area contributed by atoms with Gasteiger partial charge >= 0.3 is 5.97 Å². The zero-order valence-electron chi connectivity index (χ0n) is 17.3. The number of rotatable bonds is 9. The van der Waals surface area contributed by atoms with Crippen molar-refractivity contribution >= 4 is 23.1 Å². The quantitative estimate of drug-likeness (QED) is 0.515. The topological polar surface area (TPSA) is 103 Å². The highest BCUT2D eigenvalue weighted by atomic mass is 32.1. The summed E-state index contributed by atoms with van der Waals surface area (Å²) in [6, 6.07) is 7.41. The summed E-state index contributed by atoms with van der Waals surface area (Å²) in [6.45, 7) is 3.56. The molecule has 0 fully saturated rings. The lowest BCUT2D eigenvalue weighted by Crippen LogP contribution is -2.09. The number of nitrogens with one attached hydrogen (secondary N) is 1. The van der Waals surface area contributed by atoms with E-state index in [0.717, 1.165) is 41.2 Å². The molecule has 4 rings (SSSR count). The van der Waals surface area contributed by atoms with Gasteiger partial charge in [-0.3, -0.25) is 0 Å². The van der Waals surface area contributed by atoms with Gasteiger partial charge in [0.05, 0.1) is 30.9 Å². The van der Waals surface area contributed by atoms with Crippen LogP contribution in [-0.4, -0.2) is 47.9 Å². The fourth-order valence-electron chi connectivity index (χ4n) is 3.60. The molecule has 0 unspecified atom stereocenters. The van der Waals surface area contributed by atoms with Crippen molar-refractivity contribution < 1.29 is 24.1 Å². The molecule has 0 aliphatic carbocycles. The van der Waals surface area contributed by atoms with E-state index in [1.165, 1.54) is 11.9 Å². The molecule has 3 aromatic rings. The molecule has 1 aliphatic rings. The minimum atomic E-state index is -1.01. The summed E-state index contributed by atoms with van der Waals surface area (Å²) < 4.78 is 16.7. The Morgan fingerprint density at radius 3 is 2.94 bits per heavy atom. The number of carboxylic acid groups (broad SMARTS) is 1. The highest BCUT2D eigenvalue weighted by molar-refractivity contribution is 7.17. The van der Waals surface area contributed by atoms with Crippen LogP contribution in [0.5, 0.6) is 17.2 Å². The number of anilines is 1. The molecule has 3 heterocycles. The van der Waals surface area contributed by atoms with Crippen molar-refractivity contribution in [3.8, 4) is 27.8 Å². The molecule has 0 bridgehead atoms. The van der Waals surface area contributed by atoms with Gasteiger partial charge in [0.2, 0.25) is 0 Å². The molecule has 2 N–H and O–H groups in total. The lowest BCUT2D eigenvalue weighted by Gasteiger charge is -2.13. The summed E-state index contributed by atoms with van der Waals surface area (Å²) in [6.07, 6.45) is 3.10. The number of fused-ring (bicyclic) bond motifs is 1. The minimum absolute atomic E-state index is 0.164. The first-order valence-electron chi connectivity index (χ1n) is 9.98. The number of hydrogen-bond donors (Lipinski definition) is 2. The van der Waals surface area contributed by atoms with Gasteiger partial charge in [-0.05, 0) is 25.5 Å². The van der Waals surface area contributed by atoms with Gasteiger partial charge in [0, 0.05) is 36.2 Å². The first-order chi connectivity index (χ1) is 15.1. The molecule has 0 atom stereocenters. The van der Waals surface area contributed by atoms with E-state index in [1.54, 1.807) is 13.2 Å². The van der Waals surface area contributed by atoms with E-state index in [-0.39, 0.29) is 4.88 Å². The Kier molecular flexibility index (Phi) is 6.22. The van der Waals surface area contributed by atoms with Crippen LogP contribution in [0.15, 0.2) is 30.6 Å². The van der Waals surface area contributed by atoms with E-state index in [9.17, 15) is 9.90 Å². The second-order valence-electron chi connectivity index (χ2n) is 6.83. The maximum atomic E-state index is 11.5. The van der Waals surface area contributed by atoms with Gasteiger partial charge < -0.3 is 24.6 Å². The van der Waals surface area contributed by atoms with Gasteiger partial charge in [-0.2, -0.15) is 0 Å². The molecule has 9 heteroatoms. The van der Waals surface area contributed by atoms with Crippen molar-refractivity contribution in [1.29, 1.82) is 0 Å². The summed E-state index contributed by atoms with van der Waals surface area (Å²) in [5, 5.41) is 12.7. The number of hydrogen-bond acceptors (Lipinski definition) is 8. The van der Waals surface area contributed by atoms with Crippen molar-refractivity contribution in [3.05, 3.63) is 46.6 Å². The summed E-state index contributed by atoms with van der Waals surface area (Å²) in [5.41, 5.74) is 2.99. The van der Waals surface area contributed by atoms with Gasteiger partial charge in [0.1, 0.15) is 29.4 Å². The zero-order chi connectivity index (χ0) is 21.8. The third kappa shape index (κ3) is 4.41. The number of thiophene rings is 1. The molecule has 0 saturated carbocycles. The fraction of sp³-hybridized carbons (Fsp3) is 0.318. The predicted octanol–water partition coefficient (Wildman–Crippen LogP) is 3.90. The smallest absolute Gasteiger partial charge is 0.349 e. The van der Waals surface area contributed by atoms with Gasteiger partial charge in [-0.1, -0.05) is 0 Å². The average Bonchev–Trinajstić information content (AvgIpc) is 3.42. The molecule has 0 radical (unpaired) electrons. The van der Waals surface area contributed by atoms with Crippen LogP contribution in [0.25, 0.3) is 10.6 Å². The largest absolute Gasteiger partial charge is 0.496 e. The molecule has 0 spiro atoms. The third-order valence-electron chi connectivity index (χ3n) is 4.97. The number of methoxy groups -OCH3 is 1. The van der Waals surface area contributed by atoms with Crippen LogP contribution in [0.1, 0.15) is 27.7 Å². The van der Waals surface area contributed by atoms with E-state index in [2.05, 4.69) is 15.3 Å². The van der Waals surface area contributed by atoms with Crippen LogP contribution in [0.2, 0.25) is 0 Å². The Morgan fingerprint density at radius 1 is 1.29 bits per heavy atom. The zero-order valence-corrected chi connectivity index (χ0v) is 18.1. The van der Waals surface area contributed by atoms with Crippen molar-refractivity contribution in [1.82, 2.24) is 9.97 Å². The summed E-state index contributed by atoms with van der Waals surface area (Å²) in [4.78, 5) is 21.0. The number of benzene rings is 1. The third-order valence-corrected chi connectivity index (χ3v) is 6.09. The maximum absolute atomic E-state index is 11.5. The van der Waals surface area contributed by atoms with E-state index in [1.807, 2.05) is 25.1 Å². The summed E-state index contributed by atoms with van der Waals surface area (Å²) in [5.74, 6) is 1.79. The van der Waals surface area contributed by atoms with E-state index < -0.39 is 5.97 Å². The number of aromatic nitrogens is 2. The highest BCUT2D eigenvalue weighted by Gasteiger charge is 2.20. The van der Waals surface area contributed by atoms with Crippen molar-refractivity contribution in [3.63, 3.8) is 0 Å². The van der Waals surface area contributed by atoms with Gasteiger partial charge in [0.15, 0.2) is 4.88 Å². The SMILES string of the molecule is CCOc1cc(-c2cc(NCCc3c(OC)ccc4c3CCO4)ncn2)sc1C(=O)O. The Hall–Kier alpha value is -3.33. The molecular formula is C22H23N3O5S. The molecule has 0 amide bonds. The van der Waals surface area contributed by atoms with E-state index >= 15 is 0 Å². The van der Waals surface area contributed by atoms with Crippen molar-refractivity contribution in [2.45, 2.75) is 19.8 Å². The van der Waals surface area contributed by atoms with Crippen LogP contribution >= 0.6 is 11.3 Å². The first-order valence-corrected chi connectivity index (χ1v) is 10.8. The predicted molar refractivity (Wildman–Crippen MR) is 118 cm³/mol. The maximum Gasteiger partial charge on any atom is 0.349 e. The van der Waals surface area contributed by atoms with Crippen LogP contribution in [0, 0.1) is 0 Å². The number of aromatic carboxylic acids is 1. The van der Waals surface area contributed by atoms with Crippen molar-refractivity contribution in [2.24, 2.45) is 0 Å². The highest BCUT2D eigenvalue weighted by Crippen LogP contribution is 2.36. The molecule has 162 valence electrons. The Morgan fingerprint density at radius 2 is 2.16 bits per heavy atom. The second-order valence-corrected chi connectivity index (χ2v) is 7.88. The molecule has 31 heavy (non-hydrogen) atoms. The minimum Gasteiger partial charge on any atom is -0.496 e. The van der Waals surface area contributed by atoms with Gasteiger partial charge in [0.25, 0.3) is 0 Å². The molecule has 2 aromatic heterocycles. The second kappa shape index (κ2) is 9.22. The Balaban J connectivity index is 1.49. The molecular weight excluding hydrogens is 418 g/mol. The fourth-order valence-corrected chi connectivity index (χ4v) is 4.51. The van der Waals surface area contributed by atoms with Crippen LogP contribution in [-0.2, 0) is 12.8 Å². The van der Waals surface area contributed by atoms with E-state index in [4.69, 9.17) is 14.2 Å². The van der Waals surface area contributed by atoms with Crippen molar-refractivity contribution in [2.75, 3.05) is 32.2 Å². The lowest BCUT2D eigenvalue weighted by molar-refractivity contribution is 0.0698. The number of nitrogens with zero attached hydrogens (tertiary/aromatic N) is 2. The number of carbonyl (C=O) groups is 1. The standard InChI is InChI=1S/C22H23N3O5S/c1-3-29-18-11-19(31-21(18)22(26)27)15-10-20(25-12-24-15)23-8-6-13-14-7-9-30-17(14)5-4-16(13)28-2/h4-5,10-12H,3,6-9H2,1-2H3,(H,26,27)(H,23,24,25). The molecule has 1 aliphatic heterocycles. The van der Waals surface area contributed by atoms with Gasteiger partial charge in [-0.25, -0.2) is 14.8 Å². The molecule has 0 saturated heterocycles. The van der Waals surface area contributed by atoms with Crippen LogP contribution in [0.4, 0.5) is 5.82 Å². The Labute approximate surface area is 183 Å². The summed E-state index contributed by atoms with van der Waals surface area (Å²) >= 11 is 1.14. The number of carboxylic acids is 1. The monoisotopic (exact) mass is 441 g/mol. The molecule has 1 aromatic carbocycles. The molecule has 8 nitrogen and oxygen atoms in total. The van der Waals surface area contributed by atoms with Crippen LogP contribution in [0.3, 0.4) is 0 Å². The van der Waals surface area contributed by atoms with E-state index in [0.29, 0.717) is 41.9 Å². The summed E-state index contributed by atoms with van der Waals surface area (Å²) in [7, 11) is 1.67. The first kappa shape index (κ1) is 20.9.